The van der Waals surface area contributed by atoms with Crippen molar-refractivity contribution in [2.45, 2.75) is 26.7 Å². The fourth-order valence-corrected chi connectivity index (χ4v) is 2.20. The Morgan fingerprint density at radius 2 is 2.15 bits per heavy atom. The minimum Gasteiger partial charge on any atom is -0.385 e. The third kappa shape index (κ3) is 3.19. The summed E-state index contributed by atoms with van der Waals surface area (Å²) in [7, 11) is 3.66. The third-order valence-corrected chi connectivity index (χ3v) is 3.11. The summed E-state index contributed by atoms with van der Waals surface area (Å²) in [6.45, 7) is 5.70. The van der Waals surface area contributed by atoms with Crippen molar-refractivity contribution >= 4 is 5.95 Å². The Balaban J connectivity index is 2.22. The van der Waals surface area contributed by atoms with Gasteiger partial charge in [0.25, 0.3) is 0 Å². The van der Waals surface area contributed by atoms with Gasteiger partial charge < -0.3 is 10.1 Å². The van der Waals surface area contributed by atoms with Gasteiger partial charge >= 0.3 is 0 Å². The van der Waals surface area contributed by atoms with Gasteiger partial charge in [0, 0.05) is 39.7 Å². The number of hydrogen-bond donors (Lipinski definition) is 1. The standard InChI is InChI=1S/C14H23N5O/c1-5-12-13(10-18(3)17-12)19-9-11(2)16-14(19)15-7-6-8-20-4/h9-10H,5-8H2,1-4H3,(H,15,16). The molecule has 0 bridgehead atoms. The largest absolute Gasteiger partial charge is 0.385 e. The fraction of sp³-hybridized carbons (Fsp3) is 0.571. The maximum atomic E-state index is 5.06. The maximum absolute atomic E-state index is 5.06. The summed E-state index contributed by atoms with van der Waals surface area (Å²) in [5.41, 5.74) is 3.15. The average Bonchev–Trinajstić information content (AvgIpc) is 2.97. The van der Waals surface area contributed by atoms with Crippen LogP contribution < -0.4 is 5.32 Å². The second-order valence-corrected chi connectivity index (χ2v) is 4.84. The molecule has 0 radical (unpaired) electrons. The van der Waals surface area contributed by atoms with E-state index in [-0.39, 0.29) is 0 Å². The van der Waals surface area contributed by atoms with E-state index in [2.05, 4.69) is 26.9 Å². The van der Waals surface area contributed by atoms with Gasteiger partial charge in [0.05, 0.1) is 17.1 Å². The molecule has 0 unspecified atom stereocenters. The quantitative estimate of drug-likeness (QED) is 0.786. The maximum Gasteiger partial charge on any atom is 0.207 e. The second kappa shape index (κ2) is 6.56. The van der Waals surface area contributed by atoms with Crippen LogP contribution in [0.5, 0.6) is 0 Å². The molecule has 2 rings (SSSR count). The van der Waals surface area contributed by atoms with E-state index in [1.54, 1.807) is 7.11 Å². The summed E-state index contributed by atoms with van der Waals surface area (Å²) in [5, 5.41) is 7.85. The highest BCUT2D eigenvalue weighted by molar-refractivity contribution is 5.45. The van der Waals surface area contributed by atoms with E-state index < -0.39 is 0 Å². The van der Waals surface area contributed by atoms with Crippen LogP contribution in [0.15, 0.2) is 12.4 Å². The Morgan fingerprint density at radius 3 is 2.85 bits per heavy atom. The lowest BCUT2D eigenvalue weighted by molar-refractivity contribution is 0.197. The molecule has 0 saturated carbocycles. The predicted molar refractivity (Wildman–Crippen MR) is 79.4 cm³/mol. The Labute approximate surface area is 119 Å². The SMILES string of the molecule is CCc1nn(C)cc1-n1cc(C)nc1NCCCOC. The average molecular weight is 277 g/mol. The molecular formula is C14H23N5O. The molecule has 0 saturated heterocycles. The normalized spacial score (nSPS) is 11.0. The van der Waals surface area contributed by atoms with Crippen LogP contribution in [0.1, 0.15) is 24.7 Å². The topological polar surface area (TPSA) is 56.9 Å². The Bertz CT molecular complexity index is 558. The lowest BCUT2D eigenvalue weighted by Crippen LogP contribution is -2.09. The highest BCUT2D eigenvalue weighted by Crippen LogP contribution is 2.20. The summed E-state index contributed by atoms with van der Waals surface area (Å²) in [6.07, 6.45) is 5.92. The first-order valence-electron chi connectivity index (χ1n) is 6.97. The first-order valence-corrected chi connectivity index (χ1v) is 6.97. The lowest BCUT2D eigenvalue weighted by Gasteiger charge is -2.09. The number of nitrogens with zero attached hydrogens (tertiary/aromatic N) is 4. The minimum absolute atomic E-state index is 0.750. The van der Waals surface area contributed by atoms with Crippen LogP contribution in [0.2, 0.25) is 0 Å². The number of hydrogen-bond acceptors (Lipinski definition) is 4. The minimum atomic E-state index is 0.750. The van der Waals surface area contributed by atoms with Crippen molar-refractivity contribution in [2.24, 2.45) is 7.05 Å². The monoisotopic (exact) mass is 277 g/mol. The van der Waals surface area contributed by atoms with Gasteiger partial charge in [0.1, 0.15) is 0 Å². The zero-order chi connectivity index (χ0) is 14.5. The van der Waals surface area contributed by atoms with E-state index in [0.29, 0.717) is 0 Å². The summed E-state index contributed by atoms with van der Waals surface area (Å²) >= 11 is 0. The van der Waals surface area contributed by atoms with E-state index in [1.165, 1.54) is 0 Å². The molecule has 0 aliphatic carbocycles. The van der Waals surface area contributed by atoms with Gasteiger partial charge in [-0.25, -0.2) is 4.98 Å². The molecule has 0 aliphatic rings. The van der Waals surface area contributed by atoms with Crippen molar-refractivity contribution in [2.75, 3.05) is 25.6 Å². The van der Waals surface area contributed by atoms with Crippen molar-refractivity contribution in [3.63, 3.8) is 0 Å². The van der Waals surface area contributed by atoms with E-state index in [0.717, 1.165) is 49.0 Å². The molecule has 2 aromatic heterocycles. The van der Waals surface area contributed by atoms with Crippen molar-refractivity contribution in [3.05, 3.63) is 23.8 Å². The molecule has 2 heterocycles. The summed E-state index contributed by atoms with van der Waals surface area (Å²) in [4.78, 5) is 4.54. The first kappa shape index (κ1) is 14.6. The lowest BCUT2D eigenvalue weighted by atomic mass is 10.3. The molecule has 6 heteroatoms. The van der Waals surface area contributed by atoms with Crippen molar-refractivity contribution < 1.29 is 4.74 Å². The van der Waals surface area contributed by atoms with Crippen molar-refractivity contribution in [3.8, 4) is 5.69 Å². The molecule has 2 aromatic rings. The fourth-order valence-electron chi connectivity index (χ4n) is 2.20. The second-order valence-electron chi connectivity index (χ2n) is 4.84. The Kier molecular flexibility index (Phi) is 4.79. The number of anilines is 1. The van der Waals surface area contributed by atoms with Crippen LogP contribution in [-0.4, -0.2) is 39.6 Å². The zero-order valence-corrected chi connectivity index (χ0v) is 12.7. The van der Waals surface area contributed by atoms with Crippen LogP contribution in [0, 0.1) is 6.92 Å². The molecule has 6 nitrogen and oxygen atoms in total. The first-order chi connectivity index (χ1) is 9.65. The van der Waals surface area contributed by atoms with Gasteiger partial charge in [-0.15, -0.1) is 0 Å². The van der Waals surface area contributed by atoms with Gasteiger partial charge in [-0.1, -0.05) is 6.92 Å². The molecular weight excluding hydrogens is 254 g/mol. The van der Waals surface area contributed by atoms with Gasteiger partial charge in [0.2, 0.25) is 5.95 Å². The highest BCUT2D eigenvalue weighted by Gasteiger charge is 2.13. The van der Waals surface area contributed by atoms with Crippen LogP contribution in [0.3, 0.4) is 0 Å². The number of rotatable bonds is 7. The van der Waals surface area contributed by atoms with E-state index in [1.807, 2.05) is 31.0 Å². The molecule has 20 heavy (non-hydrogen) atoms. The van der Waals surface area contributed by atoms with Crippen LogP contribution in [0.25, 0.3) is 5.69 Å². The number of aromatic nitrogens is 4. The van der Waals surface area contributed by atoms with Crippen molar-refractivity contribution in [1.82, 2.24) is 19.3 Å². The van der Waals surface area contributed by atoms with E-state index in [9.17, 15) is 0 Å². The molecule has 1 N–H and O–H groups in total. The van der Waals surface area contributed by atoms with Crippen molar-refractivity contribution in [1.29, 1.82) is 0 Å². The Hall–Kier alpha value is -1.82. The number of aryl methyl sites for hydroxylation is 3. The molecule has 0 aromatic carbocycles. The summed E-state index contributed by atoms with van der Waals surface area (Å²) in [6, 6.07) is 0. The molecule has 0 atom stereocenters. The summed E-state index contributed by atoms with van der Waals surface area (Å²) in [5.74, 6) is 0.862. The van der Waals surface area contributed by atoms with Gasteiger partial charge in [-0.3, -0.25) is 9.25 Å². The summed E-state index contributed by atoms with van der Waals surface area (Å²) < 4.78 is 8.98. The van der Waals surface area contributed by atoms with E-state index >= 15 is 0 Å². The molecule has 0 fully saturated rings. The number of methoxy groups -OCH3 is 1. The zero-order valence-electron chi connectivity index (χ0n) is 12.7. The molecule has 0 amide bonds. The molecule has 110 valence electrons. The number of imidazole rings is 1. The molecule has 0 spiro atoms. The van der Waals surface area contributed by atoms with Gasteiger partial charge in [-0.05, 0) is 19.8 Å². The van der Waals surface area contributed by atoms with E-state index in [4.69, 9.17) is 4.74 Å². The smallest absolute Gasteiger partial charge is 0.207 e. The number of ether oxygens (including phenoxy) is 1. The van der Waals surface area contributed by atoms with Crippen LogP contribution in [-0.2, 0) is 18.2 Å². The third-order valence-electron chi connectivity index (χ3n) is 3.11. The van der Waals surface area contributed by atoms with Gasteiger partial charge in [-0.2, -0.15) is 5.10 Å². The Morgan fingerprint density at radius 1 is 1.35 bits per heavy atom. The number of nitrogens with one attached hydrogen (secondary N) is 1. The van der Waals surface area contributed by atoms with Crippen LogP contribution >= 0.6 is 0 Å². The highest BCUT2D eigenvalue weighted by atomic mass is 16.5. The predicted octanol–water partition coefficient (Wildman–Crippen LogP) is 1.93. The van der Waals surface area contributed by atoms with Gasteiger partial charge in [0.15, 0.2) is 0 Å². The molecule has 0 aliphatic heterocycles. The van der Waals surface area contributed by atoms with Crippen LogP contribution in [0.4, 0.5) is 5.95 Å².